The maximum Gasteiger partial charge on any atom is 0.366 e. The summed E-state index contributed by atoms with van der Waals surface area (Å²) in [4.78, 5) is 11.7. The lowest BCUT2D eigenvalue weighted by Gasteiger charge is -2.30. The fourth-order valence-corrected chi connectivity index (χ4v) is 1.57. The van der Waals surface area contributed by atoms with Gasteiger partial charge in [0.25, 0.3) is 5.72 Å². The monoisotopic (exact) mass is 270 g/mol. The zero-order valence-corrected chi connectivity index (χ0v) is 10.3. The van der Waals surface area contributed by atoms with E-state index < -0.39 is 11.7 Å². The maximum atomic E-state index is 11.7. The normalized spacial score (nSPS) is 21.8. The molecule has 0 fully saturated rings. The molecule has 1 aliphatic rings. The molecule has 1 unspecified atom stereocenters. The average molecular weight is 271 g/mol. The third-order valence-corrected chi connectivity index (χ3v) is 2.48. The van der Waals surface area contributed by atoms with E-state index in [-0.39, 0.29) is 17.6 Å². The van der Waals surface area contributed by atoms with Crippen molar-refractivity contribution in [3.05, 3.63) is 29.6 Å². The van der Waals surface area contributed by atoms with Gasteiger partial charge in [0.05, 0.1) is 6.61 Å². The van der Waals surface area contributed by atoms with Gasteiger partial charge >= 0.3 is 5.97 Å². The Bertz CT molecular complexity index is 479. The first-order chi connectivity index (χ1) is 8.58. The molecule has 1 atom stereocenters. The quantitative estimate of drug-likeness (QED) is 0.760. The summed E-state index contributed by atoms with van der Waals surface area (Å²) in [6.45, 7) is 1.81. The smallest absolute Gasteiger partial charge is 0.366 e. The number of rotatable bonds is 3. The Morgan fingerprint density at radius 2 is 2.39 bits per heavy atom. The molecule has 0 radical (unpaired) electrons. The highest BCUT2D eigenvalue weighted by molar-refractivity contribution is 6.29. The number of nitrogens with zero attached hydrogens (tertiary/aromatic N) is 3. The SMILES string of the molecule is CCOC(=O)C1(O)C=CNN1c1ccc(Cl)nn1. The van der Waals surface area contributed by atoms with Crippen molar-refractivity contribution < 1.29 is 14.6 Å². The van der Waals surface area contributed by atoms with Gasteiger partial charge < -0.3 is 15.3 Å². The zero-order valence-electron chi connectivity index (χ0n) is 9.50. The maximum absolute atomic E-state index is 11.7. The van der Waals surface area contributed by atoms with Crippen molar-refractivity contribution in [2.45, 2.75) is 12.6 Å². The third kappa shape index (κ3) is 2.09. The molecule has 7 nitrogen and oxygen atoms in total. The number of hydrogen-bond donors (Lipinski definition) is 2. The van der Waals surface area contributed by atoms with E-state index in [1.165, 1.54) is 24.4 Å². The summed E-state index contributed by atoms with van der Waals surface area (Å²) in [6, 6.07) is 3.01. The number of esters is 1. The van der Waals surface area contributed by atoms with Crippen molar-refractivity contribution in [1.29, 1.82) is 0 Å². The third-order valence-electron chi connectivity index (χ3n) is 2.28. The number of hydrogen-bond acceptors (Lipinski definition) is 7. The second kappa shape index (κ2) is 4.79. The Labute approximate surface area is 108 Å². The molecule has 1 aromatic heterocycles. The van der Waals surface area contributed by atoms with Gasteiger partial charge in [-0.3, -0.25) is 0 Å². The van der Waals surface area contributed by atoms with Crippen LogP contribution >= 0.6 is 11.6 Å². The lowest BCUT2D eigenvalue weighted by molar-refractivity contribution is -0.159. The Kier molecular flexibility index (Phi) is 3.35. The number of ether oxygens (including phenoxy) is 1. The highest BCUT2D eigenvalue weighted by Crippen LogP contribution is 2.24. The van der Waals surface area contributed by atoms with Crippen molar-refractivity contribution in [2.24, 2.45) is 0 Å². The van der Waals surface area contributed by atoms with Crippen molar-refractivity contribution in [3.63, 3.8) is 0 Å². The van der Waals surface area contributed by atoms with E-state index in [0.717, 1.165) is 5.01 Å². The topological polar surface area (TPSA) is 87.6 Å². The van der Waals surface area contributed by atoms with E-state index in [4.69, 9.17) is 16.3 Å². The van der Waals surface area contributed by atoms with Gasteiger partial charge in [-0.15, -0.1) is 10.2 Å². The van der Waals surface area contributed by atoms with Crippen LogP contribution in [0.15, 0.2) is 24.4 Å². The largest absolute Gasteiger partial charge is 0.462 e. The molecule has 1 aliphatic heterocycles. The van der Waals surface area contributed by atoms with Gasteiger partial charge in [0.15, 0.2) is 11.0 Å². The number of hydrazine groups is 1. The fourth-order valence-electron chi connectivity index (χ4n) is 1.47. The van der Waals surface area contributed by atoms with Crippen LogP contribution in [-0.4, -0.2) is 33.6 Å². The molecular weight excluding hydrogens is 260 g/mol. The van der Waals surface area contributed by atoms with Gasteiger partial charge in [-0.2, -0.15) is 0 Å². The van der Waals surface area contributed by atoms with E-state index in [1.54, 1.807) is 6.92 Å². The van der Waals surface area contributed by atoms with Crippen LogP contribution in [0.25, 0.3) is 0 Å². The van der Waals surface area contributed by atoms with E-state index in [0.29, 0.717) is 0 Å². The lowest BCUT2D eigenvalue weighted by Crippen LogP contribution is -2.55. The summed E-state index contributed by atoms with van der Waals surface area (Å²) in [5, 5.41) is 19.0. The molecule has 8 heteroatoms. The molecule has 18 heavy (non-hydrogen) atoms. The number of anilines is 1. The van der Waals surface area contributed by atoms with Gasteiger partial charge in [0, 0.05) is 6.20 Å². The van der Waals surface area contributed by atoms with Crippen molar-refractivity contribution in [2.75, 3.05) is 11.6 Å². The highest BCUT2D eigenvalue weighted by Gasteiger charge is 2.45. The second-order valence-corrected chi connectivity index (χ2v) is 3.85. The van der Waals surface area contributed by atoms with E-state index >= 15 is 0 Å². The molecule has 2 heterocycles. The zero-order chi connectivity index (χ0) is 13.2. The van der Waals surface area contributed by atoms with Crippen LogP contribution in [0.3, 0.4) is 0 Å². The molecule has 1 aromatic rings. The molecule has 2 rings (SSSR count). The molecule has 0 aromatic carbocycles. The first-order valence-corrected chi connectivity index (χ1v) is 5.58. The minimum atomic E-state index is -1.95. The van der Waals surface area contributed by atoms with Gasteiger partial charge in [0.2, 0.25) is 0 Å². The number of carbonyl (C=O) groups excluding carboxylic acids is 1. The highest BCUT2D eigenvalue weighted by atomic mass is 35.5. The Balaban J connectivity index is 2.28. The number of halogens is 1. The molecule has 0 spiro atoms. The van der Waals surface area contributed by atoms with Crippen LogP contribution in [0.4, 0.5) is 5.82 Å². The standard InChI is InChI=1S/C10H11ClN4O3/c1-2-18-9(16)10(17)5-6-12-15(10)8-4-3-7(11)13-14-8/h3-6,12,17H,2H2,1H3. The fraction of sp³-hybridized carbons (Fsp3) is 0.300. The number of nitrogens with one attached hydrogen (secondary N) is 1. The summed E-state index contributed by atoms with van der Waals surface area (Å²) >= 11 is 5.62. The Morgan fingerprint density at radius 3 is 3.00 bits per heavy atom. The molecule has 96 valence electrons. The number of aromatic nitrogens is 2. The van der Waals surface area contributed by atoms with Crippen LogP contribution < -0.4 is 10.4 Å². The predicted molar refractivity (Wildman–Crippen MR) is 63.4 cm³/mol. The van der Waals surface area contributed by atoms with Gasteiger partial charge in [-0.25, -0.2) is 9.80 Å². The Hall–Kier alpha value is -1.86. The van der Waals surface area contributed by atoms with E-state index in [1.807, 2.05) is 0 Å². The van der Waals surface area contributed by atoms with Crippen LogP contribution in [0.5, 0.6) is 0 Å². The van der Waals surface area contributed by atoms with Crippen molar-refractivity contribution in [1.82, 2.24) is 15.6 Å². The van der Waals surface area contributed by atoms with Crippen LogP contribution in [-0.2, 0) is 9.53 Å². The van der Waals surface area contributed by atoms with Gasteiger partial charge in [0.1, 0.15) is 0 Å². The van der Waals surface area contributed by atoms with Gasteiger partial charge in [-0.05, 0) is 25.1 Å². The minimum absolute atomic E-state index is 0.162. The minimum Gasteiger partial charge on any atom is -0.462 e. The first kappa shape index (κ1) is 12.6. The van der Waals surface area contributed by atoms with Crippen LogP contribution in [0, 0.1) is 0 Å². The molecule has 0 saturated heterocycles. The molecule has 0 saturated carbocycles. The second-order valence-electron chi connectivity index (χ2n) is 3.46. The lowest BCUT2D eigenvalue weighted by atomic mass is 10.2. The molecular formula is C10H11ClN4O3. The summed E-state index contributed by atoms with van der Waals surface area (Å²) in [5.74, 6) is -0.567. The molecule has 2 N–H and O–H groups in total. The van der Waals surface area contributed by atoms with Crippen LogP contribution in [0.2, 0.25) is 5.15 Å². The summed E-state index contributed by atoms with van der Waals surface area (Å²) in [7, 11) is 0. The Morgan fingerprint density at radius 1 is 1.61 bits per heavy atom. The number of aliphatic hydroxyl groups is 1. The predicted octanol–water partition coefficient (Wildman–Crippen LogP) is 0.220. The van der Waals surface area contributed by atoms with Crippen LogP contribution in [0.1, 0.15) is 6.92 Å². The first-order valence-electron chi connectivity index (χ1n) is 5.21. The van der Waals surface area contributed by atoms with E-state index in [2.05, 4.69) is 15.6 Å². The van der Waals surface area contributed by atoms with Gasteiger partial charge in [-0.1, -0.05) is 11.6 Å². The average Bonchev–Trinajstić information content (AvgIpc) is 2.74. The summed E-state index contributed by atoms with van der Waals surface area (Å²) in [5.41, 5.74) is 0.733. The molecule has 0 bridgehead atoms. The van der Waals surface area contributed by atoms with Crippen molar-refractivity contribution in [3.8, 4) is 0 Å². The van der Waals surface area contributed by atoms with Crippen molar-refractivity contribution >= 4 is 23.4 Å². The molecule has 0 amide bonds. The molecule has 0 aliphatic carbocycles. The van der Waals surface area contributed by atoms with E-state index in [9.17, 15) is 9.90 Å². The summed E-state index contributed by atoms with van der Waals surface area (Å²) in [6.07, 6.45) is 2.68. The number of carbonyl (C=O) groups is 1. The summed E-state index contributed by atoms with van der Waals surface area (Å²) < 4.78 is 4.81.